The number of aromatic nitrogens is 2. The zero-order valence-electron chi connectivity index (χ0n) is 17.1. The number of ether oxygens (including phenoxy) is 2. The molecule has 0 saturated carbocycles. The van der Waals surface area contributed by atoms with Gasteiger partial charge in [-0.05, 0) is 46.6 Å². The normalized spacial score (nSPS) is 14.1. The first kappa shape index (κ1) is 24.4. The van der Waals surface area contributed by atoms with Gasteiger partial charge in [0.05, 0.1) is 30.4 Å². The smallest absolute Gasteiger partial charge is 0.164 e. The maximum atomic E-state index is 10.3. The zero-order chi connectivity index (χ0) is 23.3. The lowest BCUT2D eigenvalue weighted by Crippen LogP contribution is -2.43. The van der Waals surface area contributed by atoms with Crippen molar-refractivity contribution in [3.63, 3.8) is 0 Å². The summed E-state index contributed by atoms with van der Waals surface area (Å²) in [5.41, 5.74) is 1.24. The molecule has 3 aromatic rings. The molecular formula is C21H23BrClN3O6. The number of nitrogens with one attached hydrogen (secondary N) is 1. The Hall–Kier alpha value is -2.21. The molecule has 0 spiro atoms. The first-order valence-electron chi connectivity index (χ1n) is 9.67. The summed E-state index contributed by atoms with van der Waals surface area (Å²) in [5, 5.41) is 43.2. The highest BCUT2D eigenvalue weighted by Crippen LogP contribution is 2.36. The summed E-state index contributed by atoms with van der Waals surface area (Å²) in [7, 11) is 1.45. The Morgan fingerprint density at radius 1 is 1.12 bits per heavy atom. The molecule has 3 rings (SSSR count). The predicted octanol–water partition coefficient (Wildman–Crippen LogP) is 2.64. The second-order valence-electron chi connectivity index (χ2n) is 6.91. The highest BCUT2D eigenvalue weighted by molar-refractivity contribution is 9.10. The molecular weight excluding hydrogens is 506 g/mol. The third kappa shape index (κ3) is 5.58. The van der Waals surface area contributed by atoms with Gasteiger partial charge < -0.3 is 35.2 Å². The number of fused-ring (bicyclic) bond motifs is 1. The number of halogens is 2. The molecule has 3 atom stereocenters. The number of aliphatic hydroxyl groups excluding tert-OH is 4. The second kappa shape index (κ2) is 11.1. The molecule has 2 aromatic carbocycles. The molecule has 0 amide bonds. The summed E-state index contributed by atoms with van der Waals surface area (Å²) < 4.78 is 11.9. The molecule has 5 N–H and O–H groups in total. The molecule has 0 aliphatic rings. The highest BCUT2D eigenvalue weighted by atomic mass is 79.9. The van der Waals surface area contributed by atoms with Gasteiger partial charge in [-0.15, -0.1) is 0 Å². The topological polar surface area (TPSA) is 137 Å². The third-order valence-electron chi connectivity index (χ3n) is 4.76. The Morgan fingerprint density at radius 3 is 2.56 bits per heavy atom. The van der Waals surface area contributed by atoms with E-state index in [0.717, 1.165) is 10.2 Å². The fourth-order valence-electron chi connectivity index (χ4n) is 3.05. The number of rotatable bonds is 10. The Balaban J connectivity index is 1.93. The van der Waals surface area contributed by atoms with E-state index in [1.807, 2.05) is 12.1 Å². The second-order valence-corrected chi connectivity index (χ2v) is 8.17. The minimum Gasteiger partial charge on any atom is -0.493 e. The molecule has 11 heteroatoms. The van der Waals surface area contributed by atoms with Gasteiger partial charge in [0.25, 0.3) is 0 Å². The van der Waals surface area contributed by atoms with Gasteiger partial charge in [-0.25, -0.2) is 9.97 Å². The van der Waals surface area contributed by atoms with Gasteiger partial charge in [0, 0.05) is 28.2 Å². The molecule has 0 fully saturated rings. The summed E-state index contributed by atoms with van der Waals surface area (Å²) in [6.45, 7) is -0.877. The summed E-state index contributed by atoms with van der Waals surface area (Å²) in [5.74, 6) is 1.03. The van der Waals surface area contributed by atoms with Crippen LogP contribution in [0, 0.1) is 0 Å². The van der Waals surface area contributed by atoms with Crippen LogP contribution in [0.15, 0.2) is 41.1 Å². The average Bonchev–Trinajstić information content (AvgIpc) is 2.79. The number of nitrogens with zero attached hydrogens (tertiary/aromatic N) is 2. The standard InChI is InChI=1S/C21H23BrClN3O6/c1-31-17-7-12-15(8-18(17)32-19(9-28)20(30)16(29)4-5-27)24-10-25-21(12)26-11-2-3-13(22)14(23)6-11/h2-3,6-8,10,16,19-20,27-30H,4-5,9H2,1H3,(H,24,25,26)/t16-,19+,20+/m0/s1. The third-order valence-corrected chi connectivity index (χ3v) is 5.99. The van der Waals surface area contributed by atoms with Crippen LogP contribution in [0.1, 0.15) is 6.42 Å². The quantitative estimate of drug-likeness (QED) is 0.269. The monoisotopic (exact) mass is 527 g/mol. The fourth-order valence-corrected chi connectivity index (χ4v) is 3.48. The minimum atomic E-state index is -1.42. The van der Waals surface area contributed by atoms with Crippen molar-refractivity contribution in [2.75, 3.05) is 25.6 Å². The Morgan fingerprint density at radius 2 is 1.91 bits per heavy atom. The van der Waals surface area contributed by atoms with E-state index in [4.69, 9.17) is 26.2 Å². The number of hydrogen-bond donors (Lipinski definition) is 5. The van der Waals surface area contributed by atoms with Gasteiger partial charge in [-0.3, -0.25) is 0 Å². The lowest BCUT2D eigenvalue weighted by atomic mass is 10.1. The summed E-state index contributed by atoms with van der Waals surface area (Å²) in [6, 6.07) is 8.65. The van der Waals surface area contributed by atoms with Crippen LogP contribution in [-0.4, -0.2) is 69.0 Å². The Bertz CT molecular complexity index is 1070. The van der Waals surface area contributed by atoms with Crippen molar-refractivity contribution in [1.29, 1.82) is 0 Å². The molecule has 172 valence electrons. The molecule has 0 aliphatic carbocycles. The lowest BCUT2D eigenvalue weighted by Gasteiger charge is -2.26. The number of benzene rings is 2. The van der Waals surface area contributed by atoms with E-state index < -0.39 is 24.9 Å². The van der Waals surface area contributed by atoms with E-state index in [2.05, 4.69) is 31.2 Å². The molecule has 0 unspecified atom stereocenters. The molecule has 32 heavy (non-hydrogen) atoms. The van der Waals surface area contributed by atoms with Crippen molar-refractivity contribution in [2.24, 2.45) is 0 Å². The molecule has 0 aliphatic heterocycles. The summed E-state index contributed by atoms with van der Waals surface area (Å²) in [4.78, 5) is 8.56. The van der Waals surface area contributed by atoms with Crippen LogP contribution < -0.4 is 14.8 Å². The number of hydrogen-bond acceptors (Lipinski definition) is 9. The van der Waals surface area contributed by atoms with Crippen LogP contribution in [0.2, 0.25) is 5.02 Å². The van der Waals surface area contributed by atoms with Crippen LogP contribution in [-0.2, 0) is 0 Å². The van der Waals surface area contributed by atoms with Crippen molar-refractivity contribution in [1.82, 2.24) is 9.97 Å². The number of aliphatic hydroxyl groups is 4. The molecule has 1 heterocycles. The van der Waals surface area contributed by atoms with Gasteiger partial charge in [-0.2, -0.15) is 0 Å². The molecule has 1 aromatic heterocycles. The van der Waals surface area contributed by atoms with Gasteiger partial charge in [0.2, 0.25) is 0 Å². The van der Waals surface area contributed by atoms with Crippen molar-refractivity contribution in [2.45, 2.75) is 24.7 Å². The van der Waals surface area contributed by atoms with Crippen LogP contribution in [0.25, 0.3) is 10.9 Å². The fraction of sp³-hybridized carbons (Fsp3) is 0.333. The maximum Gasteiger partial charge on any atom is 0.164 e. The predicted molar refractivity (Wildman–Crippen MR) is 124 cm³/mol. The minimum absolute atomic E-state index is 0.0573. The Labute approximate surface area is 197 Å². The average molecular weight is 529 g/mol. The van der Waals surface area contributed by atoms with Crippen LogP contribution in [0.3, 0.4) is 0 Å². The maximum absolute atomic E-state index is 10.3. The van der Waals surface area contributed by atoms with E-state index in [9.17, 15) is 15.3 Å². The summed E-state index contributed by atoms with van der Waals surface area (Å²) in [6.07, 6.45) is -2.51. The van der Waals surface area contributed by atoms with Crippen LogP contribution in [0.5, 0.6) is 11.5 Å². The lowest BCUT2D eigenvalue weighted by molar-refractivity contribution is -0.0718. The molecule has 0 radical (unpaired) electrons. The zero-order valence-corrected chi connectivity index (χ0v) is 19.4. The van der Waals surface area contributed by atoms with E-state index in [1.165, 1.54) is 13.4 Å². The number of anilines is 2. The van der Waals surface area contributed by atoms with Gasteiger partial charge in [0.1, 0.15) is 18.2 Å². The highest BCUT2D eigenvalue weighted by Gasteiger charge is 2.28. The van der Waals surface area contributed by atoms with Crippen molar-refractivity contribution >= 4 is 49.9 Å². The van der Waals surface area contributed by atoms with Crippen molar-refractivity contribution in [3.8, 4) is 11.5 Å². The van der Waals surface area contributed by atoms with Crippen molar-refractivity contribution in [3.05, 3.63) is 46.2 Å². The van der Waals surface area contributed by atoms with Gasteiger partial charge in [0.15, 0.2) is 17.6 Å². The molecule has 9 nitrogen and oxygen atoms in total. The largest absolute Gasteiger partial charge is 0.493 e. The molecule has 0 saturated heterocycles. The van der Waals surface area contributed by atoms with Crippen LogP contribution >= 0.6 is 27.5 Å². The number of methoxy groups -OCH3 is 1. The first-order chi connectivity index (χ1) is 15.4. The van der Waals surface area contributed by atoms with E-state index in [1.54, 1.807) is 18.2 Å². The van der Waals surface area contributed by atoms with E-state index in [0.29, 0.717) is 27.5 Å². The van der Waals surface area contributed by atoms with Gasteiger partial charge in [-0.1, -0.05) is 11.6 Å². The van der Waals surface area contributed by atoms with Crippen LogP contribution in [0.4, 0.5) is 11.5 Å². The summed E-state index contributed by atoms with van der Waals surface area (Å²) >= 11 is 9.52. The van der Waals surface area contributed by atoms with Crippen molar-refractivity contribution < 1.29 is 29.9 Å². The molecule has 0 bridgehead atoms. The Kier molecular flexibility index (Phi) is 8.46. The van der Waals surface area contributed by atoms with E-state index >= 15 is 0 Å². The van der Waals surface area contributed by atoms with Gasteiger partial charge >= 0.3 is 0 Å². The SMILES string of the molecule is COc1cc2c(Nc3ccc(Br)c(Cl)c3)ncnc2cc1O[C@H](CO)[C@H](O)[C@@H](O)CCO. The van der Waals surface area contributed by atoms with E-state index in [-0.39, 0.29) is 18.8 Å². The first-order valence-corrected chi connectivity index (χ1v) is 10.8.